The molecular formula is C11H11BrN2O. The molecule has 0 spiro atoms. The fraction of sp³-hybridized carbons (Fsp3) is 0.273. The number of aromatic nitrogens is 2. The molecule has 0 saturated carbocycles. The van der Waals surface area contributed by atoms with Crippen LogP contribution in [0.5, 0.6) is 0 Å². The lowest BCUT2D eigenvalue weighted by molar-refractivity contribution is 0.101. The van der Waals surface area contributed by atoms with Gasteiger partial charge < -0.3 is 4.57 Å². The van der Waals surface area contributed by atoms with Gasteiger partial charge in [0.15, 0.2) is 5.78 Å². The second-order valence-corrected chi connectivity index (χ2v) is 4.51. The first-order valence-corrected chi connectivity index (χ1v) is 5.43. The van der Waals surface area contributed by atoms with Gasteiger partial charge >= 0.3 is 0 Å². The summed E-state index contributed by atoms with van der Waals surface area (Å²) in [5, 5.41) is 0. The number of benzene rings is 1. The lowest BCUT2D eigenvalue weighted by atomic mass is 10.1. The quantitative estimate of drug-likeness (QED) is 0.744. The molecule has 0 aliphatic carbocycles. The highest BCUT2D eigenvalue weighted by Crippen LogP contribution is 2.24. The highest BCUT2D eigenvalue weighted by atomic mass is 79.9. The van der Waals surface area contributed by atoms with Crippen molar-refractivity contribution in [2.45, 2.75) is 13.8 Å². The number of imidazole rings is 1. The molecule has 0 unspecified atom stereocenters. The Bertz CT molecular complexity index is 557. The van der Waals surface area contributed by atoms with Crippen molar-refractivity contribution in [2.75, 3.05) is 0 Å². The molecule has 0 amide bonds. The topological polar surface area (TPSA) is 34.9 Å². The SMILES string of the molecule is CC(=O)c1cc(Br)cc2nc(C)n(C)c12. The fourth-order valence-corrected chi connectivity index (χ4v) is 2.15. The van der Waals surface area contributed by atoms with Gasteiger partial charge in [-0.05, 0) is 26.0 Å². The third-order valence-electron chi connectivity index (χ3n) is 2.54. The number of halogens is 1. The Morgan fingerprint density at radius 2 is 2.13 bits per heavy atom. The van der Waals surface area contributed by atoms with Crippen molar-refractivity contribution < 1.29 is 4.79 Å². The van der Waals surface area contributed by atoms with Gasteiger partial charge in [-0.1, -0.05) is 15.9 Å². The van der Waals surface area contributed by atoms with Crippen molar-refractivity contribution in [3.63, 3.8) is 0 Å². The number of rotatable bonds is 1. The summed E-state index contributed by atoms with van der Waals surface area (Å²) in [5.41, 5.74) is 2.47. The molecule has 2 rings (SSSR count). The maximum Gasteiger partial charge on any atom is 0.162 e. The average molecular weight is 267 g/mol. The molecule has 0 bridgehead atoms. The van der Waals surface area contributed by atoms with Gasteiger partial charge in [-0.3, -0.25) is 4.79 Å². The van der Waals surface area contributed by atoms with Crippen LogP contribution in [-0.4, -0.2) is 15.3 Å². The first-order chi connectivity index (χ1) is 7.00. The third-order valence-corrected chi connectivity index (χ3v) is 2.99. The molecule has 15 heavy (non-hydrogen) atoms. The molecule has 4 heteroatoms. The normalized spacial score (nSPS) is 10.9. The van der Waals surface area contributed by atoms with Gasteiger partial charge in [-0.25, -0.2) is 4.98 Å². The molecule has 3 nitrogen and oxygen atoms in total. The molecule has 0 fully saturated rings. The van der Waals surface area contributed by atoms with Gasteiger partial charge in [0, 0.05) is 17.1 Å². The van der Waals surface area contributed by atoms with E-state index in [1.807, 2.05) is 30.7 Å². The molecule has 0 atom stereocenters. The van der Waals surface area contributed by atoms with E-state index >= 15 is 0 Å². The lowest BCUT2D eigenvalue weighted by Gasteiger charge is -2.03. The van der Waals surface area contributed by atoms with Crippen molar-refractivity contribution in [1.82, 2.24) is 9.55 Å². The maximum atomic E-state index is 11.5. The number of carbonyl (C=O) groups is 1. The van der Waals surface area contributed by atoms with Crippen LogP contribution in [0.3, 0.4) is 0 Å². The van der Waals surface area contributed by atoms with Crippen LogP contribution in [0.4, 0.5) is 0 Å². The Hall–Kier alpha value is -1.16. The molecule has 1 aromatic carbocycles. The average Bonchev–Trinajstić information content (AvgIpc) is 2.41. The van der Waals surface area contributed by atoms with Crippen molar-refractivity contribution >= 4 is 32.7 Å². The van der Waals surface area contributed by atoms with E-state index in [9.17, 15) is 4.79 Å². The van der Waals surface area contributed by atoms with Crippen LogP contribution in [-0.2, 0) is 7.05 Å². The number of hydrogen-bond donors (Lipinski definition) is 0. The van der Waals surface area contributed by atoms with Gasteiger partial charge in [-0.15, -0.1) is 0 Å². The van der Waals surface area contributed by atoms with Crippen LogP contribution in [0.25, 0.3) is 11.0 Å². The summed E-state index contributed by atoms with van der Waals surface area (Å²) >= 11 is 3.38. The predicted octanol–water partition coefficient (Wildman–Crippen LogP) is 2.85. The van der Waals surface area contributed by atoms with Crippen molar-refractivity contribution in [2.24, 2.45) is 7.05 Å². The molecule has 1 aromatic heterocycles. The number of ketones is 1. The number of nitrogens with zero attached hydrogens (tertiary/aromatic N) is 2. The number of hydrogen-bond acceptors (Lipinski definition) is 2. The van der Waals surface area contributed by atoms with Gasteiger partial charge in [0.25, 0.3) is 0 Å². The number of carbonyl (C=O) groups excluding carboxylic acids is 1. The van der Waals surface area contributed by atoms with E-state index in [1.165, 1.54) is 0 Å². The van der Waals surface area contributed by atoms with Gasteiger partial charge in [0.1, 0.15) is 5.82 Å². The first kappa shape index (κ1) is 10.4. The van der Waals surface area contributed by atoms with Crippen LogP contribution in [0.2, 0.25) is 0 Å². The summed E-state index contributed by atoms with van der Waals surface area (Å²) < 4.78 is 2.83. The zero-order valence-corrected chi connectivity index (χ0v) is 10.4. The van der Waals surface area contributed by atoms with E-state index in [-0.39, 0.29) is 5.78 Å². The van der Waals surface area contributed by atoms with E-state index in [0.717, 1.165) is 21.3 Å². The summed E-state index contributed by atoms with van der Waals surface area (Å²) in [6, 6.07) is 3.76. The number of aryl methyl sites for hydroxylation is 2. The van der Waals surface area contributed by atoms with Crippen molar-refractivity contribution in [3.05, 3.63) is 28.0 Å². The van der Waals surface area contributed by atoms with Gasteiger partial charge in [0.05, 0.1) is 11.0 Å². The zero-order valence-electron chi connectivity index (χ0n) is 8.84. The van der Waals surface area contributed by atoms with Crippen LogP contribution >= 0.6 is 15.9 Å². The Kier molecular flexibility index (Phi) is 2.38. The molecule has 0 N–H and O–H groups in total. The summed E-state index contributed by atoms with van der Waals surface area (Å²) in [7, 11) is 1.92. The largest absolute Gasteiger partial charge is 0.331 e. The highest BCUT2D eigenvalue weighted by Gasteiger charge is 2.13. The van der Waals surface area contributed by atoms with Crippen LogP contribution in [0, 0.1) is 6.92 Å². The smallest absolute Gasteiger partial charge is 0.162 e. The monoisotopic (exact) mass is 266 g/mol. The van der Waals surface area contributed by atoms with E-state index in [2.05, 4.69) is 20.9 Å². The Morgan fingerprint density at radius 1 is 1.47 bits per heavy atom. The standard InChI is InChI=1S/C11H11BrN2O/c1-6(15)9-4-8(12)5-10-11(9)14(3)7(2)13-10/h4-5H,1-3H3. The van der Waals surface area contributed by atoms with E-state index < -0.39 is 0 Å². The van der Waals surface area contributed by atoms with Gasteiger partial charge in [-0.2, -0.15) is 0 Å². The molecule has 78 valence electrons. The fourth-order valence-electron chi connectivity index (χ4n) is 1.70. The summed E-state index contributed by atoms with van der Waals surface area (Å²) in [4.78, 5) is 15.9. The third kappa shape index (κ3) is 1.59. The van der Waals surface area contributed by atoms with E-state index in [1.54, 1.807) is 6.92 Å². The zero-order chi connectivity index (χ0) is 11.2. The predicted molar refractivity (Wildman–Crippen MR) is 63.2 cm³/mol. The Labute approximate surface area is 96.2 Å². The highest BCUT2D eigenvalue weighted by molar-refractivity contribution is 9.10. The van der Waals surface area contributed by atoms with E-state index in [4.69, 9.17) is 0 Å². The molecule has 0 saturated heterocycles. The molecule has 0 aliphatic heterocycles. The Balaban J connectivity index is 2.94. The van der Waals surface area contributed by atoms with Crippen molar-refractivity contribution in [3.8, 4) is 0 Å². The Morgan fingerprint density at radius 3 is 2.73 bits per heavy atom. The lowest BCUT2D eigenvalue weighted by Crippen LogP contribution is -1.99. The second-order valence-electron chi connectivity index (χ2n) is 3.60. The summed E-state index contributed by atoms with van der Waals surface area (Å²) in [5.74, 6) is 0.968. The minimum atomic E-state index is 0.0595. The van der Waals surface area contributed by atoms with Crippen LogP contribution < -0.4 is 0 Å². The minimum absolute atomic E-state index is 0.0595. The van der Waals surface area contributed by atoms with Gasteiger partial charge in [0.2, 0.25) is 0 Å². The molecule has 2 aromatic rings. The summed E-state index contributed by atoms with van der Waals surface area (Å²) in [6.45, 7) is 3.50. The second kappa shape index (κ2) is 3.45. The first-order valence-electron chi connectivity index (χ1n) is 4.64. The molecule has 0 radical (unpaired) electrons. The van der Waals surface area contributed by atoms with Crippen LogP contribution in [0.1, 0.15) is 23.1 Å². The molecular weight excluding hydrogens is 256 g/mol. The van der Waals surface area contributed by atoms with Crippen molar-refractivity contribution in [1.29, 1.82) is 0 Å². The minimum Gasteiger partial charge on any atom is -0.331 e. The number of Topliss-reactive ketones (excluding diaryl/α,β-unsaturated/α-hetero) is 1. The van der Waals surface area contributed by atoms with Crippen LogP contribution in [0.15, 0.2) is 16.6 Å². The molecule has 0 aliphatic rings. The summed E-state index contributed by atoms with van der Waals surface area (Å²) in [6.07, 6.45) is 0. The van der Waals surface area contributed by atoms with E-state index in [0.29, 0.717) is 5.56 Å². The maximum absolute atomic E-state index is 11.5. The molecule has 1 heterocycles. The number of fused-ring (bicyclic) bond motifs is 1.